The Kier molecular flexibility index (Phi) is 6.67. The molecule has 0 fully saturated rings. The molecule has 29 heavy (non-hydrogen) atoms. The zero-order valence-electron chi connectivity index (χ0n) is 14.9. The maximum atomic E-state index is 14.1. The van der Waals surface area contributed by atoms with Crippen LogP contribution in [0.5, 0.6) is 0 Å². The number of ketones is 1. The summed E-state index contributed by atoms with van der Waals surface area (Å²) in [5.74, 6) is -1.07. The number of rotatable bonds is 7. The van der Waals surface area contributed by atoms with E-state index in [1.807, 2.05) is 6.07 Å². The molecule has 2 aromatic carbocycles. The molecule has 0 spiro atoms. The fourth-order valence-electron chi connectivity index (χ4n) is 2.92. The summed E-state index contributed by atoms with van der Waals surface area (Å²) in [4.78, 5) is 17.1. The molecule has 1 unspecified atom stereocenters. The van der Waals surface area contributed by atoms with E-state index in [9.17, 15) is 17.9 Å². The maximum absolute atomic E-state index is 14.1. The quantitative estimate of drug-likeness (QED) is 0.351. The molecule has 9 heteroatoms. The molecule has 3 rings (SSSR count). The number of benzene rings is 2. The molecular weight excluding hydrogens is 417 g/mol. The van der Waals surface area contributed by atoms with Crippen LogP contribution in [0.15, 0.2) is 42.6 Å². The summed E-state index contributed by atoms with van der Waals surface area (Å²) in [6.07, 6.45) is 2.13. The molecule has 1 atom stereocenters. The molecule has 0 radical (unpaired) electrons. The van der Waals surface area contributed by atoms with E-state index in [1.54, 1.807) is 24.3 Å². The Labute approximate surface area is 173 Å². The lowest BCUT2D eigenvalue weighted by atomic mass is 9.98. The molecule has 0 saturated heterocycles. The predicted octanol–water partition coefficient (Wildman–Crippen LogP) is 3.45. The fourth-order valence-corrected chi connectivity index (χ4v) is 3.52. The predicted molar refractivity (Wildman–Crippen MR) is 107 cm³/mol. The lowest BCUT2D eigenvalue weighted by molar-refractivity contribution is 0.103. The number of hydrogen-bond acceptors (Lipinski definition) is 5. The van der Waals surface area contributed by atoms with Crippen molar-refractivity contribution in [3.8, 4) is 6.07 Å². The molecule has 0 saturated carbocycles. The standard InChI is InChI=1S/C20H15ClFN3O3S/c21-19-13(2-1-5-25-29(27)28)8-16(22)9-17(19)20(26)14-3-4-18-15(7-14)6-12(10-23)11-24-18/h3-4,6-9,11,25H,1-2,5H2,(H,27,28)/p-1. The van der Waals surface area contributed by atoms with E-state index in [2.05, 4.69) is 9.71 Å². The van der Waals surface area contributed by atoms with Gasteiger partial charge in [-0.2, -0.15) is 5.26 Å². The minimum atomic E-state index is -2.37. The van der Waals surface area contributed by atoms with E-state index >= 15 is 0 Å². The van der Waals surface area contributed by atoms with Gasteiger partial charge in [0.15, 0.2) is 5.78 Å². The second-order valence-electron chi connectivity index (χ2n) is 6.23. The molecule has 6 nitrogen and oxygen atoms in total. The second kappa shape index (κ2) is 9.20. The maximum Gasteiger partial charge on any atom is 0.194 e. The Bertz CT molecular complexity index is 1160. The zero-order chi connectivity index (χ0) is 21.0. The Morgan fingerprint density at radius 3 is 2.83 bits per heavy atom. The van der Waals surface area contributed by atoms with Gasteiger partial charge in [0, 0.05) is 40.5 Å². The van der Waals surface area contributed by atoms with Crippen molar-refractivity contribution < 1.29 is 17.9 Å². The summed E-state index contributed by atoms with van der Waals surface area (Å²) < 4.78 is 37.3. The van der Waals surface area contributed by atoms with Crippen molar-refractivity contribution in [3.63, 3.8) is 0 Å². The van der Waals surface area contributed by atoms with Gasteiger partial charge in [-0.1, -0.05) is 11.6 Å². The first kappa shape index (κ1) is 21.0. The van der Waals surface area contributed by atoms with Gasteiger partial charge >= 0.3 is 0 Å². The van der Waals surface area contributed by atoms with Crippen molar-refractivity contribution in [2.24, 2.45) is 0 Å². The number of nitrogens with zero attached hydrogens (tertiary/aromatic N) is 2. The first-order chi connectivity index (χ1) is 13.9. The van der Waals surface area contributed by atoms with Crippen LogP contribution in [-0.2, 0) is 17.7 Å². The summed E-state index contributed by atoms with van der Waals surface area (Å²) in [7, 11) is 0. The summed E-state index contributed by atoms with van der Waals surface area (Å²) in [5, 5.41) is 9.75. The van der Waals surface area contributed by atoms with Crippen molar-refractivity contribution in [1.82, 2.24) is 9.71 Å². The van der Waals surface area contributed by atoms with Gasteiger partial charge in [0.25, 0.3) is 0 Å². The first-order valence-electron chi connectivity index (χ1n) is 8.54. The van der Waals surface area contributed by atoms with Crippen LogP contribution in [0.4, 0.5) is 4.39 Å². The van der Waals surface area contributed by atoms with E-state index in [-0.39, 0.29) is 22.7 Å². The molecule has 0 aliphatic rings. The summed E-state index contributed by atoms with van der Waals surface area (Å²) in [5.41, 5.74) is 1.71. The van der Waals surface area contributed by atoms with E-state index in [0.717, 1.165) is 6.07 Å². The third-order valence-electron chi connectivity index (χ3n) is 4.27. The smallest absolute Gasteiger partial charge is 0.194 e. The number of pyridine rings is 1. The third kappa shape index (κ3) is 5.02. The number of nitriles is 1. The highest BCUT2D eigenvalue weighted by atomic mass is 35.5. The second-order valence-corrected chi connectivity index (χ2v) is 7.37. The minimum absolute atomic E-state index is 0.0192. The number of carbonyl (C=O) groups excluding carboxylic acids is 1. The summed E-state index contributed by atoms with van der Waals surface area (Å²) in [6, 6.07) is 10.7. The van der Waals surface area contributed by atoms with Crippen LogP contribution in [-0.4, -0.2) is 26.1 Å². The number of aryl methyl sites for hydroxylation is 1. The van der Waals surface area contributed by atoms with Crippen LogP contribution in [0.25, 0.3) is 10.9 Å². The Balaban J connectivity index is 1.91. The van der Waals surface area contributed by atoms with Crippen molar-refractivity contribution in [3.05, 3.63) is 75.7 Å². The number of aromatic nitrogens is 1. The van der Waals surface area contributed by atoms with Crippen LogP contribution in [0, 0.1) is 17.1 Å². The highest BCUT2D eigenvalue weighted by molar-refractivity contribution is 7.77. The number of hydrogen-bond donors (Lipinski definition) is 1. The van der Waals surface area contributed by atoms with Crippen LogP contribution in [0.1, 0.15) is 33.5 Å². The number of nitrogens with one attached hydrogen (secondary N) is 1. The number of carbonyl (C=O) groups is 1. The van der Waals surface area contributed by atoms with Gasteiger partial charge < -0.3 is 4.55 Å². The van der Waals surface area contributed by atoms with Gasteiger partial charge in [0.05, 0.1) is 16.1 Å². The SMILES string of the molecule is N#Cc1cnc2ccc(C(=O)c3cc(F)cc(CCCNS(=O)[O-])c3Cl)cc2c1. The zero-order valence-corrected chi connectivity index (χ0v) is 16.5. The molecular formula is C20H14ClFN3O3S-. The highest BCUT2D eigenvalue weighted by Crippen LogP contribution is 2.27. The molecule has 0 amide bonds. The topological polar surface area (TPSA) is 106 Å². The molecule has 0 bridgehead atoms. The summed E-state index contributed by atoms with van der Waals surface area (Å²) >= 11 is 3.98. The van der Waals surface area contributed by atoms with Gasteiger partial charge in [0.2, 0.25) is 0 Å². The van der Waals surface area contributed by atoms with Crippen molar-refractivity contribution >= 4 is 39.6 Å². The molecule has 0 aliphatic heterocycles. The number of fused-ring (bicyclic) bond motifs is 1. The minimum Gasteiger partial charge on any atom is -0.760 e. The average Bonchev–Trinajstić information content (AvgIpc) is 2.71. The van der Waals surface area contributed by atoms with E-state index in [0.29, 0.717) is 34.9 Å². The highest BCUT2D eigenvalue weighted by Gasteiger charge is 2.18. The van der Waals surface area contributed by atoms with Crippen LogP contribution < -0.4 is 4.72 Å². The largest absolute Gasteiger partial charge is 0.760 e. The lowest BCUT2D eigenvalue weighted by Crippen LogP contribution is -2.18. The number of halogens is 2. The fraction of sp³-hybridized carbons (Fsp3) is 0.150. The van der Waals surface area contributed by atoms with Crippen LogP contribution in [0.2, 0.25) is 5.02 Å². The molecule has 1 aromatic heterocycles. The average molecular weight is 431 g/mol. The molecule has 148 valence electrons. The molecule has 1 heterocycles. The van der Waals surface area contributed by atoms with Gasteiger partial charge in [0.1, 0.15) is 11.9 Å². The van der Waals surface area contributed by atoms with E-state index in [4.69, 9.17) is 16.9 Å². The molecule has 3 aromatic rings. The normalized spacial score (nSPS) is 11.9. The van der Waals surface area contributed by atoms with Crippen LogP contribution >= 0.6 is 11.6 Å². The Morgan fingerprint density at radius 1 is 1.31 bits per heavy atom. The third-order valence-corrected chi connectivity index (χ3v) is 5.16. The van der Waals surface area contributed by atoms with Crippen LogP contribution in [0.3, 0.4) is 0 Å². The Morgan fingerprint density at radius 2 is 2.10 bits per heavy atom. The summed E-state index contributed by atoms with van der Waals surface area (Å²) in [6.45, 7) is 0.172. The van der Waals surface area contributed by atoms with E-state index in [1.165, 1.54) is 12.3 Å². The first-order valence-corrected chi connectivity index (χ1v) is 9.99. The van der Waals surface area contributed by atoms with Crippen molar-refractivity contribution in [2.45, 2.75) is 12.8 Å². The lowest BCUT2D eigenvalue weighted by Gasteiger charge is -2.11. The van der Waals surface area contributed by atoms with Gasteiger partial charge in [-0.15, -0.1) is 0 Å². The van der Waals surface area contributed by atoms with Gasteiger partial charge in [-0.25, -0.2) is 9.11 Å². The Hall–Kier alpha value is -2.70. The van der Waals surface area contributed by atoms with Gasteiger partial charge in [-0.3, -0.25) is 14.0 Å². The van der Waals surface area contributed by atoms with Gasteiger partial charge in [-0.05, 0) is 54.8 Å². The van der Waals surface area contributed by atoms with Crippen molar-refractivity contribution in [2.75, 3.05) is 6.54 Å². The van der Waals surface area contributed by atoms with Crippen molar-refractivity contribution in [1.29, 1.82) is 5.26 Å². The molecule has 0 aliphatic carbocycles. The monoisotopic (exact) mass is 430 g/mol. The van der Waals surface area contributed by atoms with E-state index < -0.39 is 22.9 Å². The molecule has 1 N–H and O–H groups in total.